The third-order valence-electron chi connectivity index (χ3n) is 4.95. The number of hydrogen-bond donors (Lipinski definition) is 1. The summed E-state index contributed by atoms with van der Waals surface area (Å²) in [6, 6.07) is 13.9. The standard InChI is InChI=1S/C21H17N3O3S/c1-12-17-16(10-15-14(8-9-26-15)19(17)25-2)27-18(12)20-22-23-21(28)24(20)11-13-6-4-3-5-7-13/h3-10H,11H2,1-2H3,(H,23,28). The van der Waals surface area contributed by atoms with Crippen LogP contribution in [0.1, 0.15) is 11.1 Å². The number of hydrogen-bond acceptors (Lipinski definition) is 5. The summed E-state index contributed by atoms with van der Waals surface area (Å²) in [7, 11) is 1.65. The Kier molecular flexibility index (Phi) is 3.84. The van der Waals surface area contributed by atoms with Gasteiger partial charge in [-0.05, 0) is 30.8 Å². The maximum absolute atomic E-state index is 6.21. The van der Waals surface area contributed by atoms with Crippen molar-refractivity contribution in [2.24, 2.45) is 0 Å². The van der Waals surface area contributed by atoms with Gasteiger partial charge in [-0.3, -0.25) is 9.67 Å². The Bertz CT molecular complexity index is 1360. The lowest BCUT2D eigenvalue weighted by molar-refractivity contribution is 0.424. The van der Waals surface area contributed by atoms with Crippen molar-refractivity contribution >= 4 is 34.2 Å². The van der Waals surface area contributed by atoms with Crippen LogP contribution in [0.4, 0.5) is 0 Å². The Balaban J connectivity index is 1.73. The van der Waals surface area contributed by atoms with E-state index in [1.54, 1.807) is 13.4 Å². The van der Waals surface area contributed by atoms with Gasteiger partial charge in [-0.15, -0.1) is 0 Å². The Morgan fingerprint density at radius 1 is 1.18 bits per heavy atom. The normalized spacial score (nSPS) is 11.5. The summed E-state index contributed by atoms with van der Waals surface area (Å²) in [4.78, 5) is 0. The Morgan fingerprint density at radius 3 is 2.79 bits per heavy atom. The molecule has 28 heavy (non-hydrogen) atoms. The zero-order valence-electron chi connectivity index (χ0n) is 15.4. The Hall–Kier alpha value is -3.32. The van der Waals surface area contributed by atoms with E-state index in [2.05, 4.69) is 22.3 Å². The third-order valence-corrected chi connectivity index (χ3v) is 5.26. The quantitative estimate of drug-likeness (QED) is 0.412. The van der Waals surface area contributed by atoms with Crippen LogP contribution in [0.15, 0.2) is 57.6 Å². The van der Waals surface area contributed by atoms with E-state index in [0.717, 1.165) is 27.6 Å². The van der Waals surface area contributed by atoms with Crippen LogP contribution in [0.25, 0.3) is 33.5 Å². The average molecular weight is 391 g/mol. The predicted molar refractivity (Wildman–Crippen MR) is 109 cm³/mol. The second kappa shape index (κ2) is 6.38. The highest BCUT2D eigenvalue weighted by Crippen LogP contribution is 2.42. The number of H-pyrrole nitrogens is 1. The van der Waals surface area contributed by atoms with Gasteiger partial charge < -0.3 is 13.6 Å². The molecule has 3 aromatic heterocycles. The Labute approximate surface area is 165 Å². The van der Waals surface area contributed by atoms with E-state index in [4.69, 9.17) is 25.8 Å². The summed E-state index contributed by atoms with van der Waals surface area (Å²) in [6.45, 7) is 2.60. The SMILES string of the molecule is COc1c2ccoc2cc2oc(-c3n[nH]c(=S)n3Cc3ccccc3)c(C)c12. The van der Waals surface area contributed by atoms with E-state index >= 15 is 0 Å². The first-order chi connectivity index (χ1) is 13.7. The number of rotatable bonds is 4. The summed E-state index contributed by atoms with van der Waals surface area (Å²) in [5, 5.41) is 9.15. The van der Waals surface area contributed by atoms with Gasteiger partial charge in [0.25, 0.3) is 0 Å². The number of furan rings is 2. The van der Waals surface area contributed by atoms with Crippen LogP contribution in [0.5, 0.6) is 5.75 Å². The molecule has 3 heterocycles. The van der Waals surface area contributed by atoms with E-state index in [1.807, 2.05) is 41.8 Å². The maximum Gasteiger partial charge on any atom is 0.198 e. The highest BCUT2D eigenvalue weighted by Gasteiger charge is 2.23. The average Bonchev–Trinajstić information content (AvgIpc) is 3.40. The zero-order chi connectivity index (χ0) is 19.3. The maximum atomic E-state index is 6.21. The minimum atomic E-state index is 0.541. The number of aromatic nitrogens is 3. The van der Waals surface area contributed by atoms with E-state index in [0.29, 0.717) is 34.1 Å². The highest BCUT2D eigenvalue weighted by atomic mass is 32.1. The molecule has 0 unspecified atom stereocenters. The lowest BCUT2D eigenvalue weighted by Gasteiger charge is -2.06. The summed E-state index contributed by atoms with van der Waals surface area (Å²) < 4.78 is 19.9. The van der Waals surface area contributed by atoms with Gasteiger partial charge in [0.15, 0.2) is 16.4 Å². The van der Waals surface area contributed by atoms with Crippen LogP contribution in [-0.2, 0) is 6.54 Å². The molecule has 2 aromatic carbocycles. The van der Waals surface area contributed by atoms with E-state index in [1.165, 1.54) is 0 Å². The fourth-order valence-corrected chi connectivity index (χ4v) is 3.82. The molecule has 0 fully saturated rings. The van der Waals surface area contributed by atoms with Crippen molar-refractivity contribution < 1.29 is 13.6 Å². The molecule has 0 atom stereocenters. The number of nitrogens with one attached hydrogen (secondary N) is 1. The molecular formula is C21H17N3O3S. The molecular weight excluding hydrogens is 374 g/mol. The minimum absolute atomic E-state index is 0.541. The minimum Gasteiger partial charge on any atom is -0.495 e. The van der Waals surface area contributed by atoms with Crippen molar-refractivity contribution in [2.75, 3.05) is 7.11 Å². The van der Waals surface area contributed by atoms with Gasteiger partial charge in [0, 0.05) is 11.6 Å². The van der Waals surface area contributed by atoms with Gasteiger partial charge in [0.1, 0.15) is 16.9 Å². The molecule has 5 rings (SSSR count). The second-order valence-electron chi connectivity index (χ2n) is 6.60. The van der Waals surface area contributed by atoms with Crippen LogP contribution in [-0.4, -0.2) is 21.9 Å². The number of methoxy groups -OCH3 is 1. The molecule has 0 radical (unpaired) electrons. The molecule has 0 aliphatic rings. The van der Waals surface area contributed by atoms with E-state index < -0.39 is 0 Å². The van der Waals surface area contributed by atoms with E-state index in [9.17, 15) is 0 Å². The first-order valence-corrected chi connectivity index (χ1v) is 9.25. The number of fused-ring (bicyclic) bond motifs is 2. The highest BCUT2D eigenvalue weighted by molar-refractivity contribution is 7.71. The molecule has 1 N–H and O–H groups in total. The van der Waals surface area contributed by atoms with Crippen LogP contribution in [0, 0.1) is 11.7 Å². The monoisotopic (exact) mass is 391 g/mol. The van der Waals surface area contributed by atoms with Crippen molar-refractivity contribution in [1.29, 1.82) is 0 Å². The number of aromatic amines is 1. The zero-order valence-corrected chi connectivity index (χ0v) is 16.2. The lowest BCUT2D eigenvalue weighted by atomic mass is 10.1. The van der Waals surface area contributed by atoms with Crippen LogP contribution >= 0.6 is 12.2 Å². The lowest BCUT2D eigenvalue weighted by Crippen LogP contribution is -2.02. The van der Waals surface area contributed by atoms with Crippen LogP contribution in [0.2, 0.25) is 0 Å². The van der Waals surface area contributed by atoms with Crippen molar-refractivity contribution in [1.82, 2.24) is 14.8 Å². The molecule has 0 saturated carbocycles. The molecule has 7 heteroatoms. The van der Waals surface area contributed by atoms with Gasteiger partial charge in [0.05, 0.1) is 30.7 Å². The van der Waals surface area contributed by atoms with Gasteiger partial charge in [-0.2, -0.15) is 5.10 Å². The number of benzene rings is 2. The Morgan fingerprint density at radius 2 is 2.00 bits per heavy atom. The summed E-state index contributed by atoms with van der Waals surface area (Å²) >= 11 is 5.46. The number of ether oxygens (including phenoxy) is 1. The molecule has 0 amide bonds. The summed E-state index contributed by atoms with van der Waals surface area (Å²) in [6.07, 6.45) is 1.65. The van der Waals surface area contributed by atoms with E-state index in [-0.39, 0.29) is 0 Å². The predicted octanol–water partition coefficient (Wildman–Crippen LogP) is 5.47. The molecule has 6 nitrogen and oxygen atoms in total. The van der Waals surface area contributed by atoms with Gasteiger partial charge in [-0.25, -0.2) is 0 Å². The summed E-state index contributed by atoms with van der Waals surface area (Å²) in [5.74, 6) is 2.04. The van der Waals surface area contributed by atoms with Crippen molar-refractivity contribution in [3.8, 4) is 17.3 Å². The van der Waals surface area contributed by atoms with Gasteiger partial charge in [0.2, 0.25) is 0 Å². The molecule has 5 aromatic rings. The first-order valence-electron chi connectivity index (χ1n) is 8.84. The fourth-order valence-electron chi connectivity index (χ4n) is 3.62. The topological polar surface area (TPSA) is 69.1 Å². The van der Waals surface area contributed by atoms with Gasteiger partial charge >= 0.3 is 0 Å². The number of nitrogens with zero attached hydrogens (tertiary/aromatic N) is 2. The molecule has 0 spiro atoms. The molecule has 0 aliphatic heterocycles. The van der Waals surface area contributed by atoms with Gasteiger partial charge in [-0.1, -0.05) is 30.3 Å². The molecule has 0 saturated heterocycles. The third kappa shape index (κ3) is 2.47. The fraction of sp³-hybridized carbons (Fsp3) is 0.143. The van der Waals surface area contributed by atoms with Crippen molar-refractivity contribution in [3.05, 3.63) is 64.6 Å². The second-order valence-corrected chi connectivity index (χ2v) is 6.98. The molecule has 140 valence electrons. The summed E-state index contributed by atoms with van der Waals surface area (Å²) in [5.41, 5.74) is 3.48. The van der Waals surface area contributed by atoms with Crippen LogP contribution < -0.4 is 4.74 Å². The van der Waals surface area contributed by atoms with Crippen molar-refractivity contribution in [2.45, 2.75) is 13.5 Å². The smallest absolute Gasteiger partial charge is 0.198 e. The molecule has 0 bridgehead atoms. The van der Waals surface area contributed by atoms with Crippen LogP contribution in [0.3, 0.4) is 0 Å². The first kappa shape index (κ1) is 16.8. The largest absolute Gasteiger partial charge is 0.495 e. The van der Waals surface area contributed by atoms with Crippen molar-refractivity contribution in [3.63, 3.8) is 0 Å². The number of aryl methyl sites for hydroxylation is 1. The molecule has 0 aliphatic carbocycles.